The van der Waals surface area contributed by atoms with Crippen LogP contribution in [0.4, 0.5) is 0 Å². The number of nitrogens with zero attached hydrogens (tertiary/aromatic N) is 2. The minimum atomic E-state index is -0.233. The average molecular weight is 425 g/mol. The predicted molar refractivity (Wildman–Crippen MR) is 117 cm³/mol. The number of carbonyl (C=O) groups is 1. The van der Waals surface area contributed by atoms with Crippen LogP contribution in [0.25, 0.3) is 10.9 Å². The number of nitrogens with one attached hydrogen (secondary N) is 1. The van der Waals surface area contributed by atoms with E-state index in [0.29, 0.717) is 54.4 Å². The van der Waals surface area contributed by atoms with Gasteiger partial charge in [-0.2, -0.15) is 0 Å². The number of methoxy groups -OCH3 is 2. The number of hydrogen-bond acceptors (Lipinski definition) is 6. The molecule has 0 aliphatic heterocycles. The van der Waals surface area contributed by atoms with Gasteiger partial charge in [0, 0.05) is 31.4 Å². The van der Waals surface area contributed by atoms with Crippen molar-refractivity contribution in [1.29, 1.82) is 0 Å². The van der Waals surface area contributed by atoms with Crippen LogP contribution < -0.4 is 10.3 Å². The number of benzene rings is 2. The molecule has 3 rings (SSSR count). The number of aromatic amines is 1. The second-order valence-electron chi connectivity index (χ2n) is 6.91. The average Bonchev–Trinajstić information content (AvgIpc) is 2.79. The summed E-state index contributed by atoms with van der Waals surface area (Å²) in [6.45, 7) is 3.66. The van der Waals surface area contributed by atoms with Gasteiger partial charge in [-0.15, -0.1) is 0 Å². The summed E-state index contributed by atoms with van der Waals surface area (Å²) in [4.78, 5) is 34.6. The van der Waals surface area contributed by atoms with Gasteiger partial charge in [-0.05, 0) is 37.3 Å². The minimum Gasteiger partial charge on any atom is -0.496 e. The quantitative estimate of drug-likeness (QED) is 0.537. The summed E-state index contributed by atoms with van der Waals surface area (Å²) in [7, 11) is 3.16. The first kappa shape index (κ1) is 22.5. The van der Waals surface area contributed by atoms with E-state index in [9.17, 15) is 9.59 Å². The Morgan fingerprint density at radius 2 is 1.97 bits per heavy atom. The standard InChI is InChI=1S/C23H27N3O5/c1-4-31-15-17-13-16(9-10-20(17)30-3)23(28)26(11-12-29-2)14-21-24-19-8-6-5-7-18(19)22(27)25-21/h5-10,13H,4,11-12,14-15H2,1-3H3,(H,24,25,27). The summed E-state index contributed by atoms with van der Waals surface area (Å²) < 4.78 is 16.1. The van der Waals surface area contributed by atoms with Gasteiger partial charge in [0.25, 0.3) is 11.5 Å². The lowest BCUT2D eigenvalue weighted by atomic mass is 10.1. The highest BCUT2D eigenvalue weighted by atomic mass is 16.5. The van der Waals surface area contributed by atoms with E-state index in [2.05, 4.69) is 9.97 Å². The lowest BCUT2D eigenvalue weighted by Crippen LogP contribution is -2.34. The van der Waals surface area contributed by atoms with Crippen LogP contribution in [0.2, 0.25) is 0 Å². The number of fused-ring (bicyclic) bond motifs is 1. The van der Waals surface area contributed by atoms with E-state index in [4.69, 9.17) is 14.2 Å². The molecule has 1 aromatic heterocycles. The van der Waals surface area contributed by atoms with Crippen molar-refractivity contribution in [1.82, 2.24) is 14.9 Å². The Labute approximate surface area is 180 Å². The number of H-pyrrole nitrogens is 1. The van der Waals surface area contributed by atoms with Gasteiger partial charge in [0.15, 0.2) is 0 Å². The number of para-hydroxylation sites is 1. The maximum absolute atomic E-state index is 13.3. The van der Waals surface area contributed by atoms with Gasteiger partial charge in [0.2, 0.25) is 0 Å². The van der Waals surface area contributed by atoms with E-state index in [1.807, 2.05) is 13.0 Å². The lowest BCUT2D eigenvalue weighted by Gasteiger charge is -2.22. The molecular weight excluding hydrogens is 398 g/mol. The second-order valence-corrected chi connectivity index (χ2v) is 6.91. The van der Waals surface area contributed by atoms with E-state index in [0.717, 1.165) is 5.56 Å². The molecular formula is C23H27N3O5. The first-order valence-electron chi connectivity index (χ1n) is 10.1. The van der Waals surface area contributed by atoms with Crippen molar-refractivity contribution in [2.45, 2.75) is 20.1 Å². The molecule has 0 aliphatic carbocycles. The van der Waals surface area contributed by atoms with Crippen LogP contribution in [0.3, 0.4) is 0 Å². The topological polar surface area (TPSA) is 93.7 Å². The summed E-state index contributed by atoms with van der Waals surface area (Å²) in [6, 6.07) is 12.3. The zero-order valence-electron chi connectivity index (χ0n) is 18.0. The Morgan fingerprint density at radius 3 is 2.71 bits per heavy atom. The van der Waals surface area contributed by atoms with Crippen molar-refractivity contribution in [2.75, 3.05) is 34.0 Å². The van der Waals surface area contributed by atoms with E-state index >= 15 is 0 Å². The van der Waals surface area contributed by atoms with Crippen LogP contribution in [-0.2, 0) is 22.6 Å². The number of aromatic nitrogens is 2. The van der Waals surface area contributed by atoms with Gasteiger partial charge >= 0.3 is 0 Å². The first-order chi connectivity index (χ1) is 15.1. The van der Waals surface area contributed by atoms with Crippen molar-refractivity contribution >= 4 is 16.8 Å². The second kappa shape index (κ2) is 10.7. The molecule has 0 unspecified atom stereocenters. The number of carbonyl (C=O) groups excluding carboxylic acids is 1. The molecule has 0 saturated carbocycles. The molecule has 0 fully saturated rings. The van der Waals surface area contributed by atoms with Crippen molar-refractivity contribution in [2.24, 2.45) is 0 Å². The van der Waals surface area contributed by atoms with Crippen LogP contribution in [0.5, 0.6) is 5.75 Å². The third-order valence-corrected chi connectivity index (χ3v) is 4.84. The fourth-order valence-corrected chi connectivity index (χ4v) is 3.26. The van der Waals surface area contributed by atoms with E-state index in [1.54, 1.807) is 55.5 Å². The van der Waals surface area contributed by atoms with E-state index < -0.39 is 0 Å². The molecule has 0 radical (unpaired) electrons. The normalized spacial score (nSPS) is 10.9. The molecule has 8 heteroatoms. The first-order valence-corrected chi connectivity index (χ1v) is 10.1. The van der Waals surface area contributed by atoms with Crippen LogP contribution in [0, 0.1) is 0 Å². The Balaban J connectivity index is 1.90. The smallest absolute Gasteiger partial charge is 0.258 e. The Morgan fingerprint density at radius 1 is 1.16 bits per heavy atom. The molecule has 164 valence electrons. The summed E-state index contributed by atoms with van der Waals surface area (Å²) in [5, 5.41) is 0.511. The van der Waals surface area contributed by atoms with Gasteiger partial charge in [0.05, 0.1) is 37.8 Å². The molecule has 0 saturated heterocycles. The number of amides is 1. The van der Waals surface area contributed by atoms with Gasteiger partial charge in [-0.25, -0.2) is 4.98 Å². The zero-order valence-corrected chi connectivity index (χ0v) is 18.0. The van der Waals surface area contributed by atoms with E-state index in [1.165, 1.54) is 0 Å². The number of hydrogen-bond donors (Lipinski definition) is 1. The van der Waals surface area contributed by atoms with Crippen LogP contribution >= 0.6 is 0 Å². The van der Waals surface area contributed by atoms with Crippen LogP contribution in [-0.4, -0.2) is 54.8 Å². The molecule has 3 aromatic rings. The van der Waals surface area contributed by atoms with Crippen molar-refractivity contribution in [3.8, 4) is 5.75 Å². The molecule has 0 aliphatic rings. The maximum Gasteiger partial charge on any atom is 0.258 e. The monoisotopic (exact) mass is 425 g/mol. The molecule has 1 amide bonds. The Hall–Kier alpha value is -3.23. The fourth-order valence-electron chi connectivity index (χ4n) is 3.26. The van der Waals surface area contributed by atoms with Crippen molar-refractivity contribution in [3.05, 3.63) is 69.8 Å². The summed E-state index contributed by atoms with van der Waals surface area (Å²) in [6.07, 6.45) is 0. The third-order valence-electron chi connectivity index (χ3n) is 4.84. The molecule has 0 bridgehead atoms. The van der Waals surface area contributed by atoms with Crippen LogP contribution in [0.1, 0.15) is 28.7 Å². The minimum absolute atomic E-state index is 0.148. The highest BCUT2D eigenvalue weighted by Gasteiger charge is 2.19. The third kappa shape index (κ3) is 5.48. The molecule has 2 aromatic carbocycles. The van der Waals surface area contributed by atoms with Gasteiger partial charge < -0.3 is 24.1 Å². The Kier molecular flexibility index (Phi) is 7.75. The van der Waals surface area contributed by atoms with Crippen molar-refractivity contribution < 1.29 is 19.0 Å². The van der Waals surface area contributed by atoms with E-state index in [-0.39, 0.29) is 18.0 Å². The highest BCUT2D eigenvalue weighted by Crippen LogP contribution is 2.22. The van der Waals surface area contributed by atoms with Gasteiger partial charge in [-0.1, -0.05) is 12.1 Å². The molecule has 1 heterocycles. The van der Waals surface area contributed by atoms with Crippen LogP contribution in [0.15, 0.2) is 47.3 Å². The lowest BCUT2D eigenvalue weighted by molar-refractivity contribution is 0.0674. The molecule has 31 heavy (non-hydrogen) atoms. The summed E-state index contributed by atoms with van der Waals surface area (Å²) >= 11 is 0. The fraction of sp³-hybridized carbons (Fsp3) is 0.348. The highest BCUT2D eigenvalue weighted by molar-refractivity contribution is 5.94. The molecule has 8 nitrogen and oxygen atoms in total. The largest absolute Gasteiger partial charge is 0.496 e. The molecule has 0 atom stereocenters. The summed E-state index contributed by atoms with van der Waals surface area (Å²) in [5.41, 5.74) is 1.64. The maximum atomic E-state index is 13.3. The van der Waals surface area contributed by atoms with Gasteiger partial charge in [0.1, 0.15) is 11.6 Å². The molecule has 0 spiro atoms. The zero-order chi connectivity index (χ0) is 22.2. The Bertz CT molecular complexity index is 1100. The SMILES string of the molecule is CCOCc1cc(C(=O)N(CCOC)Cc2nc3ccccc3c(=O)[nH]2)ccc1OC. The number of ether oxygens (including phenoxy) is 3. The van der Waals surface area contributed by atoms with Gasteiger partial charge in [-0.3, -0.25) is 9.59 Å². The van der Waals surface area contributed by atoms with Crippen molar-refractivity contribution in [3.63, 3.8) is 0 Å². The number of rotatable bonds is 10. The molecule has 1 N–H and O–H groups in total. The summed E-state index contributed by atoms with van der Waals surface area (Å²) in [5.74, 6) is 0.874. The predicted octanol–water partition coefficient (Wildman–Crippen LogP) is 2.76.